The molecule has 168 valence electrons. The lowest BCUT2D eigenvalue weighted by Crippen LogP contribution is -2.50. The maximum Gasteiger partial charge on any atom is 0.237 e. The highest BCUT2D eigenvalue weighted by molar-refractivity contribution is 5.82. The summed E-state index contributed by atoms with van der Waals surface area (Å²) < 4.78 is 16.4. The molecule has 0 spiro atoms. The van der Waals surface area contributed by atoms with Crippen LogP contribution in [0.1, 0.15) is 37.0 Å². The van der Waals surface area contributed by atoms with Crippen molar-refractivity contribution in [1.82, 2.24) is 10.2 Å². The molecule has 2 aromatic rings. The van der Waals surface area contributed by atoms with Crippen molar-refractivity contribution in [3.05, 3.63) is 59.2 Å². The molecule has 1 atom stereocenters. The molecule has 0 bridgehead atoms. The molecule has 31 heavy (non-hydrogen) atoms. The first-order valence-electron chi connectivity index (χ1n) is 10.9. The Kier molecular flexibility index (Phi) is 8.32. The number of rotatable bonds is 10. The molecule has 1 amide bonds. The Balaban J connectivity index is 1.71. The molecule has 1 aliphatic rings. The van der Waals surface area contributed by atoms with Crippen LogP contribution >= 0.6 is 0 Å². The van der Waals surface area contributed by atoms with E-state index in [1.165, 1.54) is 11.1 Å². The highest BCUT2D eigenvalue weighted by Crippen LogP contribution is 2.30. The first-order valence-corrected chi connectivity index (χ1v) is 10.9. The lowest BCUT2D eigenvalue weighted by atomic mass is 9.93. The zero-order chi connectivity index (χ0) is 22.2. The molecule has 0 saturated heterocycles. The second kappa shape index (κ2) is 11.2. The van der Waals surface area contributed by atoms with Crippen molar-refractivity contribution in [1.29, 1.82) is 0 Å². The van der Waals surface area contributed by atoms with Gasteiger partial charge in [0.2, 0.25) is 5.91 Å². The molecule has 0 fully saturated rings. The minimum Gasteiger partial charge on any atom is -0.493 e. The summed E-state index contributed by atoms with van der Waals surface area (Å²) in [6.45, 7) is 6.70. The predicted octanol–water partition coefficient (Wildman–Crippen LogP) is 3.56. The van der Waals surface area contributed by atoms with Gasteiger partial charge >= 0.3 is 0 Å². The number of amides is 1. The minimum absolute atomic E-state index is 0.0690. The van der Waals surface area contributed by atoms with Crippen LogP contribution in [0.15, 0.2) is 42.5 Å². The molecule has 2 aromatic carbocycles. The van der Waals surface area contributed by atoms with Gasteiger partial charge < -0.3 is 19.5 Å². The number of nitrogens with zero attached hydrogens (tertiary/aromatic N) is 1. The number of carbonyl (C=O) groups excluding carboxylic acids is 1. The van der Waals surface area contributed by atoms with Gasteiger partial charge in [-0.3, -0.25) is 9.69 Å². The molecule has 6 heteroatoms. The Morgan fingerprint density at radius 1 is 1.10 bits per heavy atom. The summed E-state index contributed by atoms with van der Waals surface area (Å²) in [4.78, 5) is 15.3. The normalized spacial score (nSPS) is 16.1. The fourth-order valence-electron chi connectivity index (χ4n) is 3.94. The molecule has 0 unspecified atom stereocenters. The van der Waals surface area contributed by atoms with Gasteiger partial charge in [0.05, 0.1) is 26.4 Å². The molecule has 6 nitrogen and oxygen atoms in total. The lowest BCUT2D eigenvalue weighted by molar-refractivity contribution is -0.127. The van der Waals surface area contributed by atoms with Crippen molar-refractivity contribution in [2.24, 2.45) is 0 Å². The van der Waals surface area contributed by atoms with Gasteiger partial charge in [-0.25, -0.2) is 0 Å². The fourth-order valence-corrected chi connectivity index (χ4v) is 3.94. The SMILES string of the molecule is COc1ccc(CN2Cc3ccccc3C[C@@H]2C(=O)NCCCOC(C)C)cc1OC. The second-order valence-corrected chi connectivity index (χ2v) is 8.15. The summed E-state index contributed by atoms with van der Waals surface area (Å²) in [5.41, 5.74) is 3.60. The highest BCUT2D eigenvalue weighted by Gasteiger charge is 2.31. The molecule has 1 heterocycles. The molecule has 1 aliphatic heterocycles. The molecular formula is C25H34N2O4. The number of benzene rings is 2. The van der Waals surface area contributed by atoms with Gasteiger partial charge in [0.1, 0.15) is 0 Å². The number of carbonyl (C=O) groups is 1. The topological polar surface area (TPSA) is 60.0 Å². The van der Waals surface area contributed by atoms with E-state index in [0.29, 0.717) is 37.6 Å². The monoisotopic (exact) mass is 426 g/mol. The maximum absolute atomic E-state index is 13.1. The molecule has 3 rings (SSSR count). The second-order valence-electron chi connectivity index (χ2n) is 8.15. The van der Waals surface area contributed by atoms with Crippen molar-refractivity contribution in [2.45, 2.75) is 51.9 Å². The van der Waals surface area contributed by atoms with E-state index >= 15 is 0 Å². The smallest absolute Gasteiger partial charge is 0.237 e. The van der Waals surface area contributed by atoms with Crippen molar-refractivity contribution in [3.63, 3.8) is 0 Å². The Hall–Kier alpha value is -2.57. The third-order valence-electron chi connectivity index (χ3n) is 5.55. The van der Waals surface area contributed by atoms with Gasteiger partial charge in [-0.2, -0.15) is 0 Å². The predicted molar refractivity (Wildman–Crippen MR) is 121 cm³/mol. The number of ether oxygens (including phenoxy) is 3. The molecule has 0 saturated carbocycles. The molecule has 0 aromatic heterocycles. The van der Waals surface area contributed by atoms with Crippen LogP contribution < -0.4 is 14.8 Å². The van der Waals surface area contributed by atoms with E-state index < -0.39 is 0 Å². The standard InChI is InChI=1S/C25H34N2O4/c1-18(2)31-13-7-12-26-25(28)22-15-20-8-5-6-9-21(20)17-27(22)16-19-10-11-23(29-3)24(14-19)30-4/h5-6,8-11,14,18,22H,7,12-13,15-17H2,1-4H3,(H,26,28)/t22-/m1/s1. The number of hydrogen-bond acceptors (Lipinski definition) is 5. The Morgan fingerprint density at radius 3 is 2.55 bits per heavy atom. The molecular weight excluding hydrogens is 392 g/mol. The van der Waals surface area contributed by atoms with Crippen LogP contribution in [0.25, 0.3) is 0 Å². The van der Waals surface area contributed by atoms with Gasteiger partial charge in [0.25, 0.3) is 0 Å². The van der Waals surface area contributed by atoms with E-state index in [1.54, 1.807) is 14.2 Å². The summed E-state index contributed by atoms with van der Waals surface area (Å²) in [7, 11) is 3.27. The third kappa shape index (κ3) is 6.21. The van der Waals surface area contributed by atoms with E-state index in [2.05, 4.69) is 28.4 Å². The average molecular weight is 427 g/mol. The quantitative estimate of drug-likeness (QED) is 0.589. The zero-order valence-corrected chi connectivity index (χ0v) is 19.0. The van der Waals surface area contributed by atoms with E-state index in [4.69, 9.17) is 14.2 Å². The van der Waals surface area contributed by atoms with Gasteiger partial charge in [0, 0.05) is 26.2 Å². The van der Waals surface area contributed by atoms with Crippen LogP contribution in [0.3, 0.4) is 0 Å². The number of nitrogens with one attached hydrogen (secondary N) is 1. The van der Waals surface area contributed by atoms with Crippen molar-refractivity contribution < 1.29 is 19.0 Å². The van der Waals surface area contributed by atoms with E-state index in [-0.39, 0.29) is 18.1 Å². The van der Waals surface area contributed by atoms with E-state index in [9.17, 15) is 4.79 Å². The van der Waals surface area contributed by atoms with Crippen LogP contribution in [-0.2, 0) is 29.0 Å². The lowest BCUT2D eigenvalue weighted by Gasteiger charge is -2.36. The highest BCUT2D eigenvalue weighted by atomic mass is 16.5. The Bertz CT molecular complexity index is 868. The maximum atomic E-state index is 13.1. The largest absolute Gasteiger partial charge is 0.493 e. The Labute approximate surface area is 185 Å². The van der Waals surface area contributed by atoms with Crippen molar-refractivity contribution in [3.8, 4) is 11.5 Å². The van der Waals surface area contributed by atoms with Crippen LogP contribution in [0.5, 0.6) is 11.5 Å². The molecule has 0 radical (unpaired) electrons. The number of hydrogen-bond donors (Lipinski definition) is 1. The van der Waals surface area contributed by atoms with Crippen LogP contribution in [0.4, 0.5) is 0 Å². The fraction of sp³-hybridized carbons (Fsp3) is 0.480. The molecule has 1 N–H and O–H groups in total. The first kappa shape index (κ1) is 23.1. The first-order chi connectivity index (χ1) is 15.0. The average Bonchev–Trinajstić information content (AvgIpc) is 2.77. The van der Waals surface area contributed by atoms with Crippen molar-refractivity contribution >= 4 is 5.91 Å². The van der Waals surface area contributed by atoms with E-state index in [1.807, 2.05) is 38.1 Å². The van der Waals surface area contributed by atoms with Crippen LogP contribution in [0, 0.1) is 0 Å². The van der Waals surface area contributed by atoms with E-state index in [0.717, 1.165) is 18.5 Å². The van der Waals surface area contributed by atoms with Crippen molar-refractivity contribution in [2.75, 3.05) is 27.4 Å². The van der Waals surface area contributed by atoms with Gasteiger partial charge in [-0.05, 0) is 55.5 Å². The summed E-state index contributed by atoms with van der Waals surface area (Å²) >= 11 is 0. The van der Waals surface area contributed by atoms with Gasteiger partial charge in [-0.15, -0.1) is 0 Å². The zero-order valence-electron chi connectivity index (χ0n) is 19.0. The van der Waals surface area contributed by atoms with Crippen LogP contribution in [0.2, 0.25) is 0 Å². The third-order valence-corrected chi connectivity index (χ3v) is 5.55. The molecule has 0 aliphatic carbocycles. The van der Waals surface area contributed by atoms with Gasteiger partial charge in [-0.1, -0.05) is 30.3 Å². The number of fused-ring (bicyclic) bond motifs is 1. The summed E-state index contributed by atoms with van der Waals surface area (Å²) in [5.74, 6) is 1.47. The van der Waals surface area contributed by atoms with Gasteiger partial charge in [0.15, 0.2) is 11.5 Å². The summed E-state index contributed by atoms with van der Waals surface area (Å²) in [6, 6.07) is 14.1. The summed E-state index contributed by atoms with van der Waals surface area (Å²) in [5, 5.41) is 3.11. The summed E-state index contributed by atoms with van der Waals surface area (Å²) in [6.07, 6.45) is 1.73. The Morgan fingerprint density at radius 2 is 1.84 bits per heavy atom. The minimum atomic E-state index is -0.214. The number of methoxy groups -OCH3 is 2. The van der Waals surface area contributed by atoms with Crippen LogP contribution in [-0.4, -0.2) is 50.3 Å².